The molecule has 1 atom stereocenters. The lowest BCUT2D eigenvalue weighted by atomic mass is 10.2. The van der Waals surface area contributed by atoms with Crippen molar-refractivity contribution < 1.29 is 28.6 Å². The van der Waals surface area contributed by atoms with Gasteiger partial charge in [-0.1, -0.05) is 6.07 Å². The number of imide groups is 1. The molecule has 3 heterocycles. The van der Waals surface area contributed by atoms with E-state index in [1.807, 2.05) is 6.07 Å². The van der Waals surface area contributed by atoms with Gasteiger partial charge in [0.25, 0.3) is 5.91 Å². The van der Waals surface area contributed by atoms with Crippen LogP contribution in [0.3, 0.4) is 0 Å². The number of carbonyl (C=O) groups excluding carboxylic acids is 3. The van der Waals surface area contributed by atoms with Gasteiger partial charge < -0.3 is 19.1 Å². The number of nitrogens with zero attached hydrogens (tertiary/aromatic N) is 2. The zero-order valence-corrected chi connectivity index (χ0v) is 13.3. The fraction of sp³-hybridized carbons (Fsp3) is 0.353. The average Bonchev–Trinajstić information content (AvgIpc) is 3.32. The number of carbonyl (C=O) groups is 3. The topological polar surface area (TPSA) is 85.4 Å². The van der Waals surface area contributed by atoms with Crippen LogP contribution in [0.1, 0.15) is 12.0 Å². The van der Waals surface area contributed by atoms with E-state index >= 15 is 0 Å². The summed E-state index contributed by atoms with van der Waals surface area (Å²) < 4.78 is 15.3. The van der Waals surface area contributed by atoms with Gasteiger partial charge in [0.2, 0.25) is 12.7 Å². The molecule has 3 amide bonds. The number of ether oxygens (including phenoxy) is 3. The van der Waals surface area contributed by atoms with E-state index in [4.69, 9.17) is 14.2 Å². The predicted octanol–water partition coefficient (Wildman–Crippen LogP) is 1.01. The molecule has 0 saturated carbocycles. The van der Waals surface area contributed by atoms with E-state index in [0.717, 1.165) is 10.5 Å². The lowest BCUT2D eigenvalue weighted by Crippen LogP contribution is -2.41. The summed E-state index contributed by atoms with van der Waals surface area (Å²) in [5.41, 5.74) is 0.826. The van der Waals surface area contributed by atoms with Gasteiger partial charge in [0, 0.05) is 19.2 Å². The Hall–Kier alpha value is -3.03. The molecule has 3 aliphatic heterocycles. The monoisotopic (exact) mass is 344 g/mol. The van der Waals surface area contributed by atoms with Crippen LogP contribution in [0.4, 0.5) is 4.79 Å². The summed E-state index contributed by atoms with van der Waals surface area (Å²) in [4.78, 5) is 38.4. The van der Waals surface area contributed by atoms with Crippen molar-refractivity contribution >= 4 is 24.0 Å². The standard InChI is InChI=1S/C17H16N2O6/c20-15(4-2-11-1-3-13-14(7-11)25-10-24-13)18-6-5-12(8-18)19-16(21)9-23-17(19)22/h1-4,7,12H,5-6,8-10H2/b4-2+. The predicted molar refractivity (Wildman–Crippen MR) is 84.8 cm³/mol. The van der Waals surface area contributed by atoms with Gasteiger partial charge >= 0.3 is 6.09 Å². The molecule has 1 unspecified atom stereocenters. The van der Waals surface area contributed by atoms with Crippen LogP contribution in [-0.2, 0) is 14.3 Å². The summed E-state index contributed by atoms with van der Waals surface area (Å²) in [5.74, 6) is 0.829. The molecule has 3 aliphatic rings. The molecule has 25 heavy (non-hydrogen) atoms. The zero-order valence-electron chi connectivity index (χ0n) is 13.3. The number of cyclic esters (lactones) is 1. The first-order valence-corrected chi connectivity index (χ1v) is 7.97. The minimum Gasteiger partial charge on any atom is -0.454 e. The van der Waals surface area contributed by atoms with Crippen LogP contribution >= 0.6 is 0 Å². The summed E-state index contributed by atoms with van der Waals surface area (Å²) in [7, 11) is 0. The number of likely N-dealkylation sites (tertiary alicyclic amines) is 1. The van der Waals surface area contributed by atoms with Gasteiger partial charge in [-0.2, -0.15) is 0 Å². The molecule has 0 aliphatic carbocycles. The minimum atomic E-state index is -0.625. The van der Waals surface area contributed by atoms with E-state index in [2.05, 4.69) is 0 Å². The molecule has 2 fully saturated rings. The molecule has 0 N–H and O–H groups in total. The van der Waals surface area contributed by atoms with Gasteiger partial charge in [0.1, 0.15) is 0 Å². The Morgan fingerprint density at radius 2 is 2.00 bits per heavy atom. The number of hydrogen-bond acceptors (Lipinski definition) is 6. The Bertz CT molecular complexity index is 758. The molecule has 2 saturated heterocycles. The van der Waals surface area contributed by atoms with Crippen molar-refractivity contribution in [1.29, 1.82) is 0 Å². The lowest BCUT2D eigenvalue weighted by Gasteiger charge is -2.19. The molecular formula is C17H16N2O6. The molecule has 0 radical (unpaired) electrons. The van der Waals surface area contributed by atoms with Crippen molar-refractivity contribution in [3.05, 3.63) is 29.8 Å². The van der Waals surface area contributed by atoms with Crippen LogP contribution in [0.25, 0.3) is 6.08 Å². The molecule has 0 spiro atoms. The van der Waals surface area contributed by atoms with E-state index in [9.17, 15) is 14.4 Å². The maximum atomic E-state index is 12.3. The second-order valence-electron chi connectivity index (χ2n) is 5.99. The first-order valence-electron chi connectivity index (χ1n) is 7.97. The molecule has 8 heteroatoms. The second kappa shape index (κ2) is 6.12. The van der Waals surface area contributed by atoms with Crippen molar-refractivity contribution in [1.82, 2.24) is 9.80 Å². The van der Waals surface area contributed by atoms with Crippen LogP contribution in [0.15, 0.2) is 24.3 Å². The van der Waals surface area contributed by atoms with E-state index in [1.54, 1.807) is 23.1 Å². The number of hydrogen-bond donors (Lipinski definition) is 0. The van der Waals surface area contributed by atoms with Crippen molar-refractivity contribution in [3.8, 4) is 11.5 Å². The Kier molecular flexibility index (Phi) is 3.79. The quantitative estimate of drug-likeness (QED) is 0.761. The van der Waals surface area contributed by atoms with Gasteiger partial charge in [-0.25, -0.2) is 9.69 Å². The van der Waals surface area contributed by atoms with Gasteiger partial charge in [0.05, 0.1) is 6.04 Å². The van der Waals surface area contributed by atoms with E-state index in [-0.39, 0.29) is 31.3 Å². The highest BCUT2D eigenvalue weighted by Gasteiger charge is 2.40. The van der Waals surface area contributed by atoms with Crippen LogP contribution in [0, 0.1) is 0 Å². The fourth-order valence-electron chi connectivity index (χ4n) is 3.16. The number of fused-ring (bicyclic) bond motifs is 1. The molecule has 0 bridgehead atoms. The summed E-state index contributed by atoms with van der Waals surface area (Å²) in [6, 6.07) is 5.12. The first-order chi connectivity index (χ1) is 12.1. The molecule has 0 aromatic heterocycles. The van der Waals surface area contributed by atoms with Gasteiger partial charge in [-0.3, -0.25) is 9.59 Å². The van der Waals surface area contributed by atoms with Gasteiger partial charge in [0.15, 0.2) is 18.1 Å². The Labute approximate surface area is 143 Å². The van der Waals surface area contributed by atoms with Crippen molar-refractivity contribution in [3.63, 3.8) is 0 Å². The van der Waals surface area contributed by atoms with E-state index in [0.29, 0.717) is 31.0 Å². The zero-order chi connectivity index (χ0) is 17.4. The summed E-state index contributed by atoms with van der Waals surface area (Å²) >= 11 is 0. The molecule has 8 nitrogen and oxygen atoms in total. The SMILES string of the molecule is O=C(/C=C/c1ccc2c(c1)OCO2)N1CCC(N2C(=O)COC2=O)C1. The third-order valence-corrected chi connectivity index (χ3v) is 4.44. The van der Waals surface area contributed by atoms with Gasteiger partial charge in [-0.15, -0.1) is 0 Å². The molecule has 1 aromatic carbocycles. The second-order valence-corrected chi connectivity index (χ2v) is 5.99. The summed E-state index contributed by atoms with van der Waals surface area (Å²) in [6.45, 7) is 0.804. The minimum absolute atomic E-state index is 0.166. The van der Waals surface area contributed by atoms with Crippen molar-refractivity contribution in [2.75, 3.05) is 26.5 Å². The van der Waals surface area contributed by atoms with E-state index < -0.39 is 6.09 Å². The largest absolute Gasteiger partial charge is 0.454 e. The molecular weight excluding hydrogens is 328 g/mol. The summed E-state index contributed by atoms with van der Waals surface area (Å²) in [6.07, 6.45) is 3.11. The average molecular weight is 344 g/mol. The fourth-order valence-corrected chi connectivity index (χ4v) is 3.16. The highest BCUT2D eigenvalue weighted by atomic mass is 16.7. The number of amides is 3. The van der Waals surface area contributed by atoms with Gasteiger partial charge in [-0.05, 0) is 30.2 Å². The third-order valence-electron chi connectivity index (χ3n) is 4.44. The maximum absolute atomic E-state index is 12.3. The van der Waals surface area contributed by atoms with Crippen LogP contribution in [-0.4, -0.2) is 60.2 Å². The molecule has 130 valence electrons. The highest BCUT2D eigenvalue weighted by Crippen LogP contribution is 2.32. The maximum Gasteiger partial charge on any atom is 0.417 e. The normalized spacial score (nSPS) is 22.2. The van der Waals surface area contributed by atoms with Crippen LogP contribution in [0.5, 0.6) is 11.5 Å². The first kappa shape index (κ1) is 15.5. The molecule has 4 rings (SSSR count). The highest BCUT2D eigenvalue weighted by molar-refractivity contribution is 5.98. The Morgan fingerprint density at radius 1 is 1.16 bits per heavy atom. The van der Waals surface area contributed by atoms with E-state index in [1.165, 1.54) is 6.08 Å². The number of rotatable bonds is 3. The lowest BCUT2D eigenvalue weighted by molar-refractivity contribution is -0.128. The van der Waals surface area contributed by atoms with Crippen molar-refractivity contribution in [2.45, 2.75) is 12.5 Å². The van der Waals surface area contributed by atoms with Crippen LogP contribution < -0.4 is 9.47 Å². The Balaban J connectivity index is 1.39. The van der Waals surface area contributed by atoms with Crippen molar-refractivity contribution in [2.24, 2.45) is 0 Å². The third kappa shape index (κ3) is 2.90. The van der Waals surface area contributed by atoms with Crippen LogP contribution in [0.2, 0.25) is 0 Å². The summed E-state index contributed by atoms with van der Waals surface area (Å²) in [5, 5.41) is 0. The molecule has 1 aromatic rings. The smallest absolute Gasteiger partial charge is 0.417 e. The Morgan fingerprint density at radius 3 is 2.80 bits per heavy atom. The number of benzene rings is 1.